The predicted molar refractivity (Wildman–Crippen MR) is 89.5 cm³/mol. The first kappa shape index (κ1) is 16.2. The summed E-state index contributed by atoms with van der Waals surface area (Å²) in [5, 5.41) is 0. The number of carbonyl (C=O) groups excluding carboxylic acids is 2. The minimum absolute atomic E-state index is 0.00604. The third-order valence-electron chi connectivity index (χ3n) is 5.68. The van der Waals surface area contributed by atoms with Crippen LogP contribution in [0.3, 0.4) is 0 Å². The maximum Gasteiger partial charge on any atom is 0.234 e. The van der Waals surface area contributed by atoms with Gasteiger partial charge in [0.25, 0.3) is 0 Å². The standard InChI is InChI=1S/C19H26N2O2/c1-4-14(5-2)17-16-15(18(22)20(3)19(16)23)12-21(17)11-13-9-7-6-8-10-13/h6-10,14-17H,4-5,11-12H2,1-3H3. The first-order valence-electron chi connectivity index (χ1n) is 8.67. The quantitative estimate of drug-likeness (QED) is 0.784. The molecule has 4 heteroatoms. The number of carbonyl (C=O) groups is 2. The molecule has 3 atom stereocenters. The molecule has 2 fully saturated rings. The van der Waals surface area contributed by atoms with E-state index in [4.69, 9.17) is 0 Å². The molecule has 2 aliphatic heterocycles. The molecular formula is C19H26N2O2. The molecule has 0 saturated carbocycles. The molecule has 23 heavy (non-hydrogen) atoms. The summed E-state index contributed by atoms with van der Waals surface area (Å²) >= 11 is 0. The Morgan fingerprint density at radius 1 is 1.09 bits per heavy atom. The first-order valence-corrected chi connectivity index (χ1v) is 8.67. The fraction of sp³-hybridized carbons (Fsp3) is 0.579. The van der Waals surface area contributed by atoms with Gasteiger partial charge in [0, 0.05) is 26.2 Å². The molecule has 0 aromatic heterocycles. The Labute approximate surface area is 138 Å². The number of likely N-dealkylation sites (tertiary alicyclic amines) is 2. The Morgan fingerprint density at radius 3 is 2.35 bits per heavy atom. The van der Waals surface area contributed by atoms with E-state index in [0.29, 0.717) is 12.5 Å². The summed E-state index contributed by atoms with van der Waals surface area (Å²) in [6.07, 6.45) is 2.09. The number of benzene rings is 1. The van der Waals surface area contributed by atoms with Crippen LogP contribution in [0, 0.1) is 17.8 Å². The van der Waals surface area contributed by atoms with E-state index in [1.165, 1.54) is 10.5 Å². The lowest BCUT2D eigenvalue weighted by Gasteiger charge is -2.33. The lowest BCUT2D eigenvalue weighted by Crippen LogP contribution is -2.43. The molecule has 0 bridgehead atoms. The molecule has 0 spiro atoms. The lowest BCUT2D eigenvalue weighted by molar-refractivity contribution is -0.139. The normalized spacial score (nSPS) is 28.0. The highest BCUT2D eigenvalue weighted by atomic mass is 16.2. The zero-order chi connectivity index (χ0) is 16.6. The van der Waals surface area contributed by atoms with E-state index in [9.17, 15) is 9.59 Å². The molecule has 2 amide bonds. The third-order valence-corrected chi connectivity index (χ3v) is 5.68. The van der Waals surface area contributed by atoms with Crippen molar-refractivity contribution in [3.63, 3.8) is 0 Å². The molecule has 2 aliphatic rings. The van der Waals surface area contributed by atoms with Gasteiger partial charge in [-0.25, -0.2) is 0 Å². The molecule has 4 nitrogen and oxygen atoms in total. The van der Waals surface area contributed by atoms with Crippen molar-refractivity contribution >= 4 is 11.8 Å². The van der Waals surface area contributed by atoms with Crippen LogP contribution in [0.1, 0.15) is 32.3 Å². The predicted octanol–water partition coefficient (Wildman–Crippen LogP) is 2.54. The number of imide groups is 1. The van der Waals surface area contributed by atoms with E-state index in [2.05, 4.69) is 30.9 Å². The maximum atomic E-state index is 12.6. The second-order valence-corrected chi connectivity index (χ2v) is 6.85. The van der Waals surface area contributed by atoms with Gasteiger partial charge in [-0.2, -0.15) is 0 Å². The highest BCUT2D eigenvalue weighted by Crippen LogP contribution is 2.42. The summed E-state index contributed by atoms with van der Waals surface area (Å²) in [5.41, 5.74) is 1.25. The van der Waals surface area contributed by atoms with Crippen LogP contribution in [0.4, 0.5) is 0 Å². The van der Waals surface area contributed by atoms with E-state index in [-0.39, 0.29) is 29.7 Å². The Hall–Kier alpha value is -1.68. The van der Waals surface area contributed by atoms with Gasteiger partial charge in [0.2, 0.25) is 11.8 Å². The molecule has 1 aromatic rings. The Kier molecular flexibility index (Phi) is 4.53. The number of rotatable bonds is 5. The number of nitrogens with zero attached hydrogens (tertiary/aromatic N) is 2. The Morgan fingerprint density at radius 2 is 1.74 bits per heavy atom. The van der Waals surface area contributed by atoms with Crippen LogP contribution >= 0.6 is 0 Å². The van der Waals surface area contributed by atoms with E-state index in [1.54, 1.807) is 7.05 Å². The molecular weight excluding hydrogens is 288 g/mol. The van der Waals surface area contributed by atoms with Crippen molar-refractivity contribution in [2.75, 3.05) is 13.6 Å². The summed E-state index contributed by atoms with van der Waals surface area (Å²) in [6, 6.07) is 10.5. The largest absolute Gasteiger partial charge is 0.294 e. The zero-order valence-electron chi connectivity index (χ0n) is 14.2. The Balaban J connectivity index is 1.90. The molecule has 3 unspecified atom stereocenters. The van der Waals surface area contributed by atoms with Crippen molar-refractivity contribution in [1.29, 1.82) is 0 Å². The molecule has 124 valence electrons. The van der Waals surface area contributed by atoms with Crippen LogP contribution in [0.5, 0.6) is 0 Å². The molecule has 3 rings (SSSR count). The molecule has 1 aromatic carbocycles. The van der Waals surface area contributed by atoms with Crippen LogP contribution < -0.4 is 0 Å². The summed E-state index contributed by atoms with van der Waals surface area (Å²) in [4.78, 5) is 28.8. The number of hydrogen-bond donors (Lipinski definition) is 0. The van der Waals surface area contributed by atoms with E-state index in [1.807, 2.05) is 18.2 Å². The summed E-state index contributed by atoms with van der Waals surface area (Å²) in [7, 11) is 1.63. The molecule has 0 aliphatic carbocycles. The van der Waals surface area contributed by atoms with Crippen molar-refractivity contribution in [3.05, 3.63) is 35.9 Å². The average Bonchev–Trinajstić information content (AvgIpc) is 3.02. The van der Waals surface area contributed by atoms with E-state index < -0.39 is 0 Å². The highest BCUT2D eigenvalue weighted by Gasteiger charge is 2.57. The average molecular weight is 314 g/mol. The minimum atomic E-state index is -0.152. The topological polar surface area (TPSA) is 40.6 Å². The number of amides is 2. The number of hydrogen-bond acceptors (Lipinski definition) is 3. The maximum absolute atomic E-state index is 12.6. The molecule has 2 saturated heterocycles. The second-order valence-electron chi connectivity index (χ2n) is 6.85. The SMILES string of the molecule is CCC(CC)C1C2C(=O)N(C)C(=O)C2CN1Cc1ccccc1. The van der Waals surface area contributed by atoms with Crippen LogP contribution in [0.25, 0.3) is 0 Å². The third kappa shape index (κ3) is 2.69. The van der Waals surface area contributed by atoms with Gasteiger partial charge in [0.15, 0.2) is 0 Å². The van der Waals surface area contributed by atoms with E-state index in [0.717, 1.165) is 19.4 Å². The van der Waals surface area contributed by atoms with Crippen molar-refractivity contribution in [3.8, 4) is 0 Å². The van der Waals surface area contributed by atoms with Gasteiger partial charge >= 0.3 is 0 Å². The highest BCUT2D eigenvalue weighted by molar-refractivity contribution is 6.05. The van der Waals surface area contributed by atoms with Gasteiger partial charge in [0.1, 0.15) is 0 Å². The van der Waals surface area contributed by atoms with E-state index >= 15 is 0 Å². The number of fused-ring (bicyclic) bond motifs is 1. The molecule has 0 radical (unpaired) electrons. The second kappa shape index (κ2) is 6.44. The van der Waals surface area contributed by atoms with Gasteiger partial charge in [-0.15, -0.1) is 0 Å². The molecule has 0 N–H and O–H groups in total. The van der Waals surface area contributed by atoms with Crippen LogP contribution in [0.2, 0.25) is 0 Å². The van der Waals surface area contributed by atoms with Crippen molar-refractivity contribution in [2.24, 2.45) is 17.8 Å². The van der Waals surface area contributed by atoms with Crippen molar-refractivity contribution < 1.29 is 9.59 Å². The Bertz CT molecular complexity index is 582. The van der Waals surface area contributed by atoms with Gasteiger partial charge in [-0.05, 0) is 11.5 Å². The van der Waals surface area contributed by atoms with Gasteiger partial charge in [-0.1, -0.05) is 57.0 Å². The van der Waals surface area contributed by atoms with Gasteiger partial charge in [-0.3, -0.25) is 19.4 Å². The monoisotopic (exact) mass is 314 g/mol. The lowest BCUT2D eigenvalue weighted by atomic mass is 9.82. The zero-order valence-corrected chi connectivity index (χ0v) is 14.2. The van der Waals surface area contributed by atoms with Gasteiger partial charge in [0.05, 0.1) is 11.8 Å². The smallest absolute Gasteiger partial charge is 0.234 e. The van der Waals surface area contributed by atoms with Crippen LogP contribution in [-0.2, 0) is 16.1 Å². The van der Waals surface area contributed by atoms with Gasteiger partial charge < -0.3 is 0 Å². The van der Waals surface area contributed by atoms with Crippen LogP contribution in [0.15, 0.2) is 30.3 Å². The first-order chi connectivity index (χ1) is 11.1. The van der Waals surface area contributed by atoms with Crippen LogP contribution in [-0.4, -0.2) is 41.2 Å². The summed E-state index contributed by atoms with van der Waals surface area (Å²) in [6.45, 7) is 5.90. The molecule has 2 heterocycles. The minimum Gasteiger partial charge on any atom is -0.294 e. The fourth-order valence-corrected chi connectivity index (χ4v) is 4.43. The van der Waals surface area contributed by atoms with Crippen molar-refractivity contribution in [1.82, 2.24) is 9.80 Å². The fourth-order valence-electron chi connectivity index (χ4n) is 4.43. The summed E-state index contributed by atoms with van der Waals surface area (Å²) < 4.78 is 0. The van der Waals surface area contributed by atoms with Crippen molar-refractivity contribution in [2.45, 2.75) is 39.3 Å². The summed E-state index contributed by atoms with van der Waals surface area (Å²) in [5.74, 6) is 0.180.